The first-order valence-electron chi connectivity index (χ1n) is 6.52. The van der Waals surface area contributed by atoms with Crippen molar-refractivity contribution in [3.8, 4) is 11.3 Å². The Morgan fingerprint density at radius 1 is 1.20 bits per heavy atom. The number of hydrogen-bond donors (Lipinski definition) is 1. The quantitative estimate of drug-likeness (QED) is 0.759. The Morgan fingerprint density at radius 3 is 2.80 bits per heavy atom. The molecule has 0 spiro atoms. The van der Waals surface area contributed by atoms with Crippen LogP contribution in [0.5, 0.6) is 0 Å². The average molecular weight is 284 g/mol. The van der Waals surface area contributed by atoms with E-state index in [-0.39, 0.29) is 0 Å². The number of benzene rings is 1. The van der Waals surface area contributed by atoms with E-state index in [1.165, 1.54) is 0 Å². The van der Waals surface area contributed by atoms with Crippen LogP contribution in [0.15, 0.2) is 46.2 Å². The third kappa shape index (κ3) is 2.91. The molecule has 0 saturated carbocycles. The van der Waals surface area contributed by atoms with E-state index in [2.05, 4.69) is 33.9 Å². The smallest absolute Gasteiger partial charge is 0.123 e. The summed E-state index contributed by atoms with van der Waals surface area (Å²) in [7, 11) is 0. The molecule has 102 valence electrons. The first-order valence-corrected chi connectivity index (χ1v) is 7.40. The third-order valence-corrected chi connectivity index (χ3v) is 3.81. The number of nitrogens with one attached hydrogen (secondary N) is 1. The normalized spacial score (nSPS) is 10.7. The average Bonchev–Trinajstić information content (AvgIpc) is 3.06. The Hall–Kier alpha value is -2.07. The second kappa shape index (κ2) is 5.51. The van der Waals surface area contributed by atoms with E-state index in [0.717, 1.165) is 33.5 Å². The van der Waals surface area contributed by atoms with Crippen LogP contribution in [0.25, 0.3) is 11.3 Å². The number of furan rings is 1. The summed E-state index contributed by atoms with van der Waals surface area (Å²) in [4.78, 5) is 4.52. The van der Waals surface area contributed by atoms with E-state index in [1.807, 2.05) is 32.0 Å². The molecular weight excluding hydrogens is 268 g/mol. The molecule has 4 heteroatoms. The second-order valence-electron chi connectivity index (χ2n) is 4.70. The molecule has 1 N–H and O–H groups in total. The molecule has 0 aliphatic heterocycles. The van der Waals surface area contributed by atoms with Gasteiger partial charge < -0.3 is 9.73 Å². The number of nitrogens with zero attached hydrogens (tertiary/aromatic N) is 1. The number of rotatable bonds is 4. The first kappa shape index (κ1) is 12.9. The molecule has 0 fully saturated rings. The lowest BCUT2D eigenvalue weighted by atomic mass is 10.1. The van der Waals surface area contributed by atoms with Crippen LogP contribution in [-0.4, -0.2) is 4.98 Å². The third-order valence-electron chi connectivity index (χ3n) is 3.04. The fourth-order valence-corrected chi connectivity index (χ4v) is 2.68. The van der Waals surface area contributed by atoms with Crippen molar-refractivity contribution in [2.75, 3.05) is 5.32 Å². The minimum Gasteiger partial charge on any atom is -0.465 e. The molecule has 0 amide bonds. The van der Waals surface area contributed by atoms with Crippen LogP contribution in [0.1, 0.15) is 16.5 Å². The highest BCUT2D eigenvalue weighted by molar-refractivity contribution is 7.09. The highest BCUT2D eigenvalue weighted by Crippen LogP contribution is 2.24. The zero-order valence-corrected chi connectivity index (χ0v) is 12.3. The lowest BCUT2D eigenvalue weighted by molar-refractivity contribution is 0.490. The van der Waals surface area contributed by atoms with Gasteiger partial charge >= 0.3 is 0 Å². The fourth-order valence-electron chi connectivity index (χ4n) is 2.05. The van der Waals surface area contributed by atoms with Gasteiger partial charge in [-0.3, -0.25) is 0 Å². The predicted molar refractivity (Wildman–Crippen MR) is 83.1 cm³/mol. The van der Waals surface area contributed by atoms with Crippen molar-refractivity contribution in [2.24, 2.45) is 0 Å². The molecule has 3 rings (SSSR count). The summed E-state index contributed by atoms with van der Waals surface area (Å²) in [5.74, 6) is 1.88. The molecule has 0 atom stereocenters. The lowest BCUT2D eigenvalue weighted by Gasteiger charge is -2.06. The minimum atomic E-state index is 0.688. The summed E-state index contributed by atoms with van der Waals surface area (Å²) in [6.07, 6.45) is 0. The van der Waals surface area contributed by atoms with E-state index in [9.17, 15) is 0 Å². The van der Waals surface area contributed by atoms with Crippen molar-refractivity contribution in [1.82, 2.24) is 4.98 Å². The highest BCUT2D eigenvalue weighted by Gasteiger charge is 2.04. The van der Waals surface area contributed by atoms with Crippen LogP contribution < -0.4 is 5.32 Å². The number of anilines is 1. The monoisotopic (exact) mass is 284 g/mol. The summed E-state index contributed by atoms with van der Waals surface area (Å²) in [5.41, 5.74) is 3.24. The molecule has 0 saturated heterocycles. The first-order chi connectivity index (χ1) is 9.70. The summed E-state index contributed by atoms with van der Waals surface area (Å²) in [6, 6.07) is 12.3. The van der Waals surface area contributed by atoms with Gasteiger partial charge in [-0.25, -0.2) is 4.98 Å². The van der Waals surface area contributed by atoms with Crippen LogP contribution in [-0.2, 0) is 6.54 Å². The van der Waals surface area contributed by atoms with E-state index in [4.69, 9.17) is 4.42 Å². The SMILES string of the molecule is Cc1ccc(CNc2cccc(-c3csc(C)n3)c2)o1. The molecule has 3 aromatic rings. The van der Waals surface area contributed by atoms with Crippen molar-refractivity contribution >= 4 is 17.0 Å². The van der Waals surface area contributed by atoms with Crippen molar-refractivity contribution in [1.29, 1.82) is 0 Å². The van der Waals surface area contributed by atoms with Crippen LogP contribution in [0.2, 0.25) is 0 Å². The number of hydrogen-bond acceptors (Lipinski definition) is 4. The van der Waals surface area contributed by atoms with Gasteiger partial charge in [0.2, 0.25) is 0 Å². The standard InChI is InChI=1S/C16H16N2OS/c1-11-6-7-15(19-11)9-17-14-5-3-4-13(8-14)16-10-20-12(2)18-16/h3-8,10,17H,9H2,1-2H3. The van der Waals surface area contributed by atoms with Gasteiger partial charge in [0.1, 0.15) is 11.5 Å². The van der Waals surface area contributed by atoms with Crippen LogP contribution in [0, 0.1) is 13.8 Å². The van der Waals surface area contributed by atoms with Gasteiger partial charge in [0.05, 0.1) is 17.2 Å². The van der Waals surface area contributed by atoms with Gasteiger partial charge in [0, 0.05) is 16.6 Å². The highest BCUT2D eigenvalue weighted by atomic mass is 32.1. The maximum atomic E-state index is 5.55. The van der Waals surface area contributed by atoms with Gasteiger partial charge in [-0.1, -0.05) is 12.1 Å². The number of aryl methyl sites for hydroxylation is 2. The molecule has 2 heterocycles. The van der Waals surface area contributed by atoms with Crippen molar-refractivity contribution in [3.63, 3.8) is 0 Å². The number of aromatic nitrogens is 1. The minimum absolute atomic E-state index is 0.688. The van der Waals surface area contributed by atoms with Crippen molar-refractivity contribution in [3.05, 3.63) is 58.3 Å². The molecule has 0 unspecified atom stereocenters. The zero-order chi connectivity index (χ0) is 13.9. The molecule has 3 nitrogen and oxygen atoms in total. The predicted octanol–water partition coefficient (Wildman–Crippen LogP) is 4.63. The summed E-state index contributed by atoms with van der Waals surface area (Å²) < 4.78 is 5.55. The van der Waals surface area contributed by atoms with E-state index >= 15 is 0 Å². The Morgan fingerprint density at radius 2 is 2.10 bits per heavy atom. The summed E-state index contributed by atoms with van der Waals surface area (Å²) >= 11 is 1.67. The number of thiazole rings is 1. The second-order valence-corrected chi connectivity index (χ2v) is 5.76. The lowest BCUT2D eigenvalue weighted by Crippen LogP contribution is -1.98. The maximum absolute atomic E-state index is 5.55. The zero-order valence-electron chi connectivity index (χ0n) is 11.5. The van der Waals surface area contributed by atoms with E-state index < -0.39 is 0 Å². The summed E-state index contributed by atoms with van der Waals surface area (Å²) in [6.45, 7) is 4.66. The molecule has 20 heavy (non-hydrogen) atoms. The van der Waals surface area contributed by atoms with Gasteiger partial charge in [-0.2, -0.15) is 0 Å². The molecule has 0 aliphatic rings. The van der Waals surface area contributed by atoms with Crippen molar-refractivity contribution in [2.45, 2.75) is 20.4 Å². The molecule has 2 aromatic heterocycles. The maximum Gasteiger partial charge on any atom is 0.123 e. The Bertz CT molecular complexity index is 715. The van der Waals surface area contributed by atoms with Crippen LogP contribution in [0.4, 0.5) is 5.69 Å². The van der Waals surface area contributed by atoms with Gasteiger partial charge in [-0.15, -0.1) is 11.3 Å². The van der Waals surface area contributed by atoms with E-state index in [0.29, 0.717) is 6.54 Å². The van der Waals surface area contributed by atoms with Crippen LogP contribution >= 0.6 is 11.3 Å². The fraction of sp³-hybridized carbons (Fsp3) is 0.188. The summed E-state index contributed by atoms with van der Waals surface area (Å²) in [5, 5.41) is 6.55. The van der Waals surface area contributed by atoms with Gasteiger partial charge in [0.15, 0.2) is 0 Å². The molecule has 1 aromatic carbocycles. The molecule has 0 bridgehead atoms. The largest absolute Gasteiger partial charge is 0.465 e. The molecular formula is C16H16N2OS. The molecule has 0 aliphatic carbocycles. The molecule has 0 radical (unpaired) electrons. The van der Waals surface area contributed by atoms with Crippen LogP contribution in [0.3, 0.4) is 0 Å². The Kier molecular flexibility index (Phi) is 3.56. The Balaban J connectivity index is 1.74. The Labute approximate surface area is 122 Å². The van der Waals surface area contributed by atoms with Gasteiger partial charge in [-0.05, 0) is 38.1 Å². The topological polar surface area (TPSA) is 38.1 Å². The van der Waals surface area contributed by atoms with E-state index in [1.54, 1.807) is 11.3 Å². The van der Waals surface area contributed by atoms with Gasteiger partial charge in [0.25, 0.3) is 0 Å². The van der Waals surface area contributed by atoms with Crippen molar-refractivity contribution < 1.29 is 4.42 Å².